The molecule has 0 aromatic heterocycles. The molecule has 82 valence electrons. The predicted molar refractivity (Wildman–Crippen MR) is 57.3 cm³/mol. The fourth-order valence-corrected chi connectivity index (χ4v) is 2.91. The number of rotatable bonds is 2. The van der Waals surface area contributed by atoms with Crippen molar-refractivity contribution < 1.29 is 5.11 Å². The van der Waals surface area contributed by atoms with Gasteiger partial charge in [0.25, 0.3) is 0 Å². The summed E-state index contributed by atoms with van der Waals surface area (Å²) in [5.74, 6) is 0. The van der Waals surface area contributed by atoms with Crippen LogP contribution in [0.25, 0.3) is 0 Å². The molecule has 1 saturated heterocycles. The molecule has 1 heterocycles. The van der Waals surface area contributed by atoms with Crippen LogP contribution in [0.3, 0.4) is 0 Å². The maximum absolute atomic E-state index is 9.43. The van der Waals surface area contributed by atoms with Crippen molar-refractivity contribution in [3.63, 3.8) is 0 Å². The van der Waals surface area contributed by atoms with Gasteiger partial charge in [-0.3, -0.25) is 4.90 Å². The summed E-state index contributed by atoms with van der Waals surface area (Å²) in [6, 6.07) is 1.38. The van der Waals surface area contributed by atoms with Crippen molar-refractivity contribution in [1.82, 2.24) is 10.2 Å². The highest BCUT2D eigenvalue weighted by molar-refractivity contribution is 4.92. The molecule has 0 spiro atoms. The van der Waals surface area contributed by atoms with Crippen molar-refractivity contribution in [3.05, 3.63) is 0 Å². The van der Waals surface area contributed by atoms with Crippen LogP contribution in [0, 0.1) is 0 Å². The molecule has 2 aliphatic rings. The van der Waals surface area contributed by atoms with E-state index in [1.54, 1.807) is 0 Å². The first-order valence-electron chi connectivity index (χ1n) is 5.93. The molecule has 3 heteroatoms. The lowest BCUT2D eigenvalue weighted by Gasteiger charge is -2.45. The summed E-state index contributed by atoms with van der Waals surface area (Å²) in [5.41, 5.74) is 0. The smallest absolute Gasteiger partial charge is 0.0639 e. The van der Waals surface area contributed by atoms with Crippen molar-refractivity contribution in [2.75, 3.05) is 19.6 Å². The average Bonchev–Trinajstić information content (AvgIpc) is 2.18. The molecular weight excluding hydrogens is 176 g/mol. The zero-order chi connectivity index (χ0) is 9.97. The average molecular weight is 198 g/mol. The van der Waals surface area contributed by atoms with Crippen molar-refractivity contribution in [3.8, 4) is 0 Å². The third-order valence-corrected chi connectivity index (χ3v) is 3.50. The molecule has 2 fully saturated rings. The van der Waals surface area contributed by atoms with Crippen molar-refractivity contribution >= 4 is 0 Å². The summed E-state index contributed by atoms with van der Waals surface area (Å²) >= 11 is 0. The number of fused-ring (bicyclic) bond motifs is 1. The molecule has 2 N–H and O–H groups in total. The predicted octanol–water partition coefficient (Wildman–Crippen LogP) is 0.584. The van der Waals surface area contributed by atoms with Gasteiger partial charge in [0, 0.05) is 31.7 Å². The summed E-state index contributed by atoms with van der Waals surface area (Å²) in [6.45, 7) is 4.93. The van der Waals surface area contributed by atoms with E-state index in [0.717, 1.165) is 19.6 Å². The van der Waals surface area contributed by atoms with Crippen LogP contribution in [0.1, 0.15) is 32.6 Å². The van der Waals surface area contributed by atoms with Crippen molar-refractivity contribution in [1.29, 1.82) is 0 Å². The molecule has 0 aromatic rings. The number of nitrogens with one attached hydrogen (secondary N) is 1. The van der Waals surface area contributed by atoms with E-state index in [2.05, 4.69) is 10.2 Å². The third-order valence-electron chi connectivity index (χ3n) is 3.50. The van der Waals surface area contributed by atoms with Gasteiger partial charge in [0.05, 0.1) is 6.10 Å². The first-order valence-corrected chi connectivity index (χ1v) is 5.93. The zero-order valence-electron chi connectivity index (χ0n) is 9.08. The molecule has 0 amide bonds. The molecule has 3 unspecified atom stereocenters. The molecule has 1 saturated carbocycles. The highest BCUT2D eigenvalue weighted by Crippen LogP contribution is 2.25. The van der Waals surface area contributed by atoms with E-state index in [0.29, 0.717) is 12.1 Å². The Labute approximate surface area is 86.5 Å². The highest BCUT2D eigenvalue weighted by atomic mass is 16.3. The quantitative estimate of drug-likeness (QED) is 0.681. The topological polar surface area (TPSA) is 35.5 Å². The number of aliphatic hydroxyl groups is 1. The second-order valence-corrected chi connectivity index (χ2v) is 4.76. The Kier molecular flexibility index (Phi) is 3.42. The first kappa shape index (κ1) is 10.4. The Hall–Kier alpha value is -0.120. The van der Waals surface area contributed by atoms with Crippen LogP contribution in [0.4, 0.5) is 0 Å². The van der Waals surface area contributed by atoms with Gasteiger partial charge < -0.3 is 10.4 Å². The third kappa shape index (κ3) is 2.27. The van der Waals surface area contributed by atoms with Crippen LogP contribution >= 0.6 is 0 Å². The second kappa shape index (κ2) is 4.60. The molecule has 1 aliphatic heterocycles. The Balaban J connectivity index is 1.94. The number of hydrogen-bond acceptors (Lipinski definition) is 3. The maximum atomic E-state index is 9.43. The maximum Gasteiger partial charge on any atom is 0.0639 e. The molecule has 0 aromatic carbocycles. The minimum absolute atomic E-state index is 0.185. The SMILES string of the molecule is CC(O)CN1CCNC2CCCCC21. The van der Waals surface area contributed by atoms with E-state index in [1.807, 2.05) is 6.92 Å². The van der Waals surface area contributed by atoms with E-state index >= 15 is 0 Å². The van der Waals surface area contributed by atoms with Crippen molar-refractivity contribution in [2.45, 2.75) is 50.8 Å². The normalized spacial score (nSPS) is 36.4. The monoisotopic (exact) mass is 198 g/mol. The van der Waals surface area contributed by atoms with E-state index in [9.17, 15) is 5.11 Å². The Morgan fingerprint density at radius 3 is 3.00 bits per heavy atom. The minimum Gasteiger partial charge on any atom is -0.392 e. The summed E-state index contributed by atoms with van der Waals surface area (Å²) in [5, 5.41) is 13.0. The molecule has 1 aliphatic carbocycles. The zero-order valence-corrected chi connectivity index (χ0v) is 9.08. The molecule has 2 rings (SSSR count). The highest BCUT2D eigenvalue weighted by Gasteiger charge is 2.32. The second-order valence-electron chi connectivity index (χ2n) is 4.76. The van der Waals surface area contributed by atoms with Gasteiger partial charge in [-0.2, -0.15) is 0 Å². The molecule has 0 bridgehead atoms. The van der Waals surface area contributed by atoms with Crippen molar-refractivity contribution in [2.24, 2.45) is 0 Å². The molecule has 3 atom stereocenters. The summed E-state index contributed by atoms with van der Waals surface area (Å²) in [4.78, 5) is 2.48. The van der Waals surface area contributed by atoms with Gasteiger partial charge in [-0.15, -0.1) is 0 Å². The number of β-amino-alcohol motifs (C(OH)–C–C–N with tert-alkyl or cyclic N) is 1. The Bertz CT molecular complexity index is 182. The van der Waals surface area contributed by atoms with Gasteiger partial charge in [0.15, 0.2) is 0 Å². The Morgan fingerprint density at radius 1 is 1.43 bits per heavy atom. The molecule has 0 radical (unpaired) electrons. The lowest BCUT2D eigenvalue weighted by Crippen LogP contribution is -2.60. The number of hydrogen-bond donors (Lipinski definition) is 2. The Morgan fingerprint density at radius 2 is 2.21 bits per heavy atom. The van der Waals surface area contributed by atoms with E-state index in [-0.39, 0.29) is 6.10 Å². The molecule has 14 heavy (non-hydrogen) atoms. The van der Waals surface area contributed by atoms with Crippen LogP contribution in [0.2, 0.25) is 0 Å². The van der Waals surface area contributed by atoms with Gasteiger partial charge in [0.2, 0.25) is 0 Å². The van der Waals surface area contributed by atoms with Gasteiger partial charge >= 0.3 is 0 Å². The number of aliphatic hydroxyl groups excluding tert-OH is 1. The van der Waals surface area contributed by atoms with Gasteiger partial charge in [-0.25, -0.2) is 0 Å². The van der Waals surface area contributed by atoms with Crippen LogP contribution in [0.15, 0.2) is 0 Å². The minimum atomic E-state index is -0.185. The van der Waals surface area contributed by atoms with E-state index < -0.39 is 0 Å². The number of nitrogens with zero attached hydrogens (tertiary/aromatic N) is 1. The lowest BCUT2D eigenvalue weighted by atomic mass is 9.87. The van der Waals surface area contributed by atoms with Gasteiger partial charge in [0.1, 0.15) is 0 Å². The van der Waals surface area contributed by atoms with E-state index in [1.165, 1.54) is 25.7 Å². The fraction of sp³-hybridized carbons (Fsp3) is 1.00. The van der Waals surface area contributed by atoms with E-state index in [4.69, 9.17) is 0 Å². The van der Waals surface area contributed by atoms with Crippen LogP contribution < -0.4 is 5.32 Å². The van der Waals surface area contributed by atoms with Crippen LogP contribution in [-0.4, -0.2) is 47.8 Å². The molecular formula is C11H22N2O. The fourth-order valence-electron chi connectivity index (χ4n) is 2.91. The summed E-state index contributed by atoms with van der Waals surface area (Å²) in [6.07, 6.45) is 5.18. The standard InChI is InChI=1S/C11H22N2O/c1-9(14)8-13-7-6-12-10-4-2-3-5-11(10)13/h9-12,14H,2-8H2,1H3. The largest absolute Gasteiger partial charge is 0.392 e. The van der Waals surface area contributed by atoms with Gasteiger partial charge in [-0.1, -0.05) is 12.8 Å². The lowest BCUT2D eigenvalue weighted by molar-refractivity contribution is 0.0451. The summed E-state index contributed by atoms with van der Waals surface area (Å²) < 4.78 is 0. The molecule has 3 nitrogen and oxygen atoms in total. The first-order chi connectivity index (χ1) is 6.77. The summed E-state index contributed by atoms with van der Waals surface area (Å²) in [7, 11) is 0. The van der Waals surface area contributed by atoms with Crippen LogP contribution in [-0.2, 0) is 0 Å². The number of piperazine rings is 1. The van der Waals surface area contributed by atoms with Crippen LogP contribution in [0.5, 0.6) is 0 Å². The van der Waals surface area contributed by atoms with Gasteiger partial charge in [-0.05, 0) is 19.8 Å².